The molecule has 1 saturated heterocycles. The van der Waals surface area contributed by atoms with Gasteiger partial charge >= 0.3 is 0 Å². The van der Waals surface area contributed by atoms with E-state index >= 15 is 0 Å². The van der Waals surface area contributed by atoms with Gasteiger partial charge in [-0.25, -0.2) is 4.39 Å². The number of hydrogen-bond donors (Lipinski definition) is 1. The van der Waals surface area contributed by atoms with Gasteiger partial charge in [-0.3, -0.25) is 0 Å². The maximum absolute atomic E-state index is 13.3. The van der Waals surface area contributed by atoms with E-state index in [1.165, 1.54) is 11.3 Å². The zero-order valence-corrected chi connectivity index (χ0v) is 10.7. The number of allylic oxidation sites excluding steroid dienone is 1. The van der Waals surface area contributed by atoms with Crippen LogP contribution in [0.15, 0.2) is 24.3 Å². The van der Waals surface area contributed by atoms with Gasteiger partial charge in [-0.05, 0) is 43.5 Å². The van der Waals surface area contributed by atoms with Gasteiger partial charge in [0.2, 0.25) is 0 Å². The summed E-state index contributed by atoms with van der Waals surface area (Å²) in [7, 11) is 0. The summed E-state index contributed by atoms with van der Waals surface area (Å²) in [4.78, 5) is 2.43. The van der Waals surface area contributed by atoms with Gasteiger partial charge < -0.3 is 10.2 Å². The van der Waals surface area contributed by atoms with Crippen LogP contribution >= 0.6 is 0 Å². The Balaban J connectivity index is 1.91. The first-order chi connectivity index (χ1) is 8.74. The van der Waals surface area contributed by atoms with Crippen molar-refractivity contribution >= 4 is 5.70 Å². The fourth-order valence-corrected chi connectivity index (χ4v) is 2.94. The van der Waals surface area contributed by atoms with Gasteiger partial charge in [-0.2, -0.15) is 0 Å². The summed E-state index contributed by atoms with van der Waals surface area (Å²) in [5.41, 5.74) is 3.67. The average Bonchev–Trinajstić information content (AvgIpc) is 2.37. The molecule has 0 amide bonds. The highest BCUT2D eigenvalue weighted by molar-refractivity contribution is 5.69. The molecular formula is C15H19FN2. The summed E-state index contributed by atoms with van der Waals surface area (Å²) < 4.78 is 13.3. The third kappa shape index (κ3) is 2.15. The summed E-state index contributed by atoms with van der Waals surface area (Å²) in [5, 5.41) is 3.46. The number of benzene rings is 1. The van der Waals surface area contributed by atoms with Crippen molar-refractivity contribution < 1.29 is 4.39 Å². The van der Waals surface area contributed by atoms with E-state index in [0.29, 0.717) is 6.04 Å². The molecule has 96 valence electrons. The molecule has 0 bridgehead atoms. The second kappa shape index (κ2) is 4.73. The lowest BCUT2D eigenvalue weighted by atomic mass is 9.93. The van der Waals surface area contributed by atoms with Gasteiger partial charge in [0.1, 0.15) is 5.82 Å². The van der Waals surface area contributed by atoms with Gasteiger partial charge in [0, 0.05) is 36.9 Å². The zero-order valence-electron chi connectivity index (χ0n) is 10.7. The molecule has 18 heavy (non-hydrogen) atoms. The van der Waals surface area contributed by atoms with Crippen molar-refractivity contribution in [3.8, 4) is 0 Å². The van der Waals surface area contributed by atoms with Gasteiger partial charge in [-0.15, -0.1) is 0 Å². The van der Waals surface area contributed by atoms with E-state index in [1.54, 1.807) is 12.1 Å². The minimum Gasteiger partial charge on any atom is -0.368 e. The predicted octanol–water partition coefficient (Wildman–Crippen LogP) is 2.41. The molecule has 0 saturated carbocycles. The van der Waals surface area contributed by atoms with Crippen molar-refractivity contribution in [1.82, 2.24) is 10.2 Å². The molecule has 1 aliphatic carbocycles. The van der Waals surface area contributed by atoms with E-state index in [2.05, 4.69) is 23.2 Å². The van der Waals surface area contributed by atoms with E-state index in [0.717, 1.165) is 38.0 Å². The smallest absolute Gasteiger partial charge is 0.123 e. The molecule has 0 radical (unpaired) electrons. The van der Waals surface area contributed by atoms with Crippen LogP contribution in [0.1, 0.15) is 24.5 Å². The van der Waals surface area contributed by atoms with Crippen LogP contribution in [0.2, 0.25) is 0 Å². The van der Waals surface area contributed by atoms with Crippen molar-refractivity contribution in [2.45, 2.75) is 25.8 Å². The first kappa shape index (κ1) is 11.7. The first-order valence-electron chi connectivity index (χ1n) is 6.71. The summed E-state index contributed by atoms with van der Waals surface area (Å²) >= 11 is 0. The molecule has 2 aliphatic rings. The largest absolute Gasteiger partial charge is 0.368 e. The van der Waals surface area contributed by atoms with Gasteiger partial charge in [0.05, 0.1) is 0 Å². The lowest BCUT2D eigenvalue weighted by Gasteiger charge is -2.37. The van der Waals surface area contributed by atoms with Gasteiger partial charge in [0.25, 0.3) is 0 Å². The maximum Gasteiger partial charge on any atom is 0.123 e. The van der Waals surface area contributed by atoms with E-state index in [1.807, 2.05) is 6.07 Å². The van der Waals surface area contributed by atoms with Crippen LogP contribution in [-0.2, 0) is 6.42 Å². The Kier molecular flexibility index (Phi) is 3.08. The van der Waals surface area contributed by atoms with Crippen LogP contribution < -0.4 is 5.32 Å². The van der Waals surface area contributed by atoms with Crippen molar-refractivity contribution in [3.05, 3.63) is 41.2 Å². The van der Waals surface area contributed by atoms with Crippen LogP contribution in [-0.4, -0.2) is 30.6 Å². The fraction of sp³-hybridized carbons (Fsp3) is 0.467. The maximum atomic E-state index is 13.3. The quantitative estimate of drug-likeness (QED) is 0.818. The highest BCUT2D eigenvalue weighted by atomic mass is 19.1. The number of rotatable bonds is 1. The molecule has 1 N–H and O–H groups in total. The molecule has 3 rings (SSSR count). The molecule has 1 aliphatic heterocycles. The van der Waals surface area contributed by atoms with Gasteiger partial charge in [-0.1, -0.05) is 6.08 Å². The molecule has 2 nitrogen and oxygen atoms in total. The molecule has 1 atom stereocenters. The van der Waals surface area contributed by atoms with E-state index < -0.39 is 0 Å². The standard InChI is InChI=1S/C15H19FN2/c1-11-10-18(8-7-17-11)15-4-2-3-12-9-13(16)5-6-14(12)15/h4-6,9,11,17H,2-3,7-8,10H2,1H3. The number of nitrogens with zero attached hydrogens (tertiary/aromatic N) is 1. The lowest BCUT2D eigenvalue weighted by Crippen LogP contribution is -2.48. The van der Waals surface area contributed by atoms with Crippen LogP contribution in [0.25, 0.3) is 5.70 Å². The first-order valence-corrected chi connectivity index (χ1v) is 6.71. The number of fused-ring (bicyclic) bond motifs is 1. The second-order valence-corrected chi connectivity index (χ2v) is 5.23. The number of nitrogens with one attached hydrogen (secondary N) is 1. The summed E-state index contributed by atoms with van der Waals surface area (Å²) in [6.07, 6.45) is 4.28. The van der Waals surface area contributed by atoms with Crippen LogP contribution in [0, 0.1) is 5.82 Å². The SMILES string of the molecule is CC1CN(C2=CCCc3cc(F)ccc32)CCN1. The van der Waals surface area contributed by atoms with Gasteiger partial charge in [0.15, 0.2) is 0 Å². The second-order valence-electron chi connectivity index (χ2n) is 5.23. The summed E-state index contributed by atoms with van der Waals surface area (Å²) in [6.45, 7) is 5.30. The van der Waals surface area contributed by atoms with Crippen molar-refractivity contribution in [2.24, 2.45) is 0 Å². The Bertz CT molecular complexity index is 481. The van der Waals surface area contributed by atoms with E-state index in [9.17, 15) is 4.39 Å². The molecule has 1 heterocycles. The Morgan fingerprint density at radius 1 is 1.39 bits per heavy atom. The molecule has 1 aromatic rings. The molecule has 0 spiro atoms. The molecule has 3 heteroatoms. The third-order valence-corrected chi connectivity index (χ3v) is 3.80. The van der Waals surface area contributed by atoms with Crippen LogP contribution in [0.4, 0.5) is 4.39 Å². The highest BCUT2D eigenvalue weighted by Crippen LogP contribution is 2.30. The molecule has 1 fully saturated rings. The fourth-order valence-electron chi connectivity index (χ4n) is 2.94. The normalized spacial score (nSPS) is 23.6. The highest BCUT2D eigenvalue weighted by Gasteiger charge is 2.22. The average molecular weight is 246 g/mol. The Labute approximate surface area is 107 Å². The molecule has 1 unspecified atom stereocenters. The Morgan fingerprint density at radius 2 is 2.28 bits per heavy atom. The summed E-state index contributed by atoms with van der Waals surface area (Å²) in [6, 6.07) is 5.71. The predicted molar refractivity (Wildman–Crippen MR) is 71.7 cm³/mol. The number of hydrogen-bond acceptors (Lipinski definition) is 2. The van der Waals surface area contributed by atoms with E-state index in [4.69, 9.17) is 0 Å². The molecule has 1 aromatic carbocycles. The Morgan fingerprint density at radius 3 is 3.11 bits per heavy atom. The topological polar surface area (TPSA) is 15.3 Å². The Hall–Kier alpha value is -1.35. The molecular weight excluding hydrogens is 227 g/mol. The zero-order chi connectivity index (χ0) is 12.5. The number of aryl methyl sites for hydroxylation is 1. The van der Waals surface area contributed by atoms with Crippen LogP contribution in [0.5, 0.6) is 0 Å². The monoisotopic (exact) mass is 246 g/mol. The lowest BCUT2D eigenvalue weighted by molar-refractivity contribution is 0.289. The van der Waals surface area contributed by atoms with Crippen molar-refractivity contribution in [2.75, 3.05) is 19.6 Å². The minimum atomic E-state index is -0.122. The van der Waals surface area contributed by atoms with Crippen LogP contribution in [0.3, 0.4) is 0 Å². The third-order valence-electron chi connectivity index (χ3n) is 3.80. The minimum absolute atomic E-state index is 0.122. The molecule has 0 aromatic heterocycles. The van der Waals surface area contributed by atoms with Crippen molar-refractivity contribution in [1.29, 1.82) is 0 Å². The number of piperazine rings is 1. The van der Waals surface area contributed by atoms with E-state index in [-0.39, 0.29) is 5.82 Å². The number of halogens is 1. The summed E-state index contributed by atoms with van der Waals surface area (Å²) in [5.74, 6) is -0.122. The van der Waals surface area contributed by atoms with Crippen molar-refractivity contribution in [3.63, 3.8) is 0 Å².